The number of aldehydes is 1. The molecule has 0 radical (unpaired) electrons. The van der Waals surface area contributed by atoms with Gasteiger partial charge in [-0.05, 0) is 12.8 Å². The second kappa shape index (κ2) is 5.60. The average molecular weight is 104 g/mol. The second-order valence-corrected chi connectivity index (χ2v) is 1.35. The van der Waals surface area contributed by atoms with Gasteiger partial charge in [0.05, 0.1) is 6.67 Å². The summed E-state index contributed by atoms with van der Waals surface area (Å²) in [5.41, 5.74) is 0. The molecule has 0 saturated heterocycles. The first kappa shape index (κ1) is 6.60. The van der Waals surface area contributed by atoms with Crippen LogP contribution in [0.2, 0.25) is 0 Å². The standard InChI is InChI=1S/C5H9FO/c6-4-2-1-3-5-7/h5H,1-4H2. The van der Waals surface area contributed by atoms with Crippen molar-refractivity contribution in [3.05, 3.63) is 0 Å². The quantitative estimate of drug-likeness (QED) is 0.388. The lowest BCUT2D eigenvalue weighted by Gasteiger charge is -1.83. The van der Waals surface area contributed by atoms with Gasteiger partial charge < -0.3 is 4.79 Å². The second-order valence-electron chi connectivity index (χ2n) is 1.35. The molecule has 0 N–H and O–H groups in total. The number of unbranched alkanes of at least 4 members (excludes halogenated alkanes) is 2. The molecule has 2 heteroatoms. The normalized spacial score (nSPS) is 8.71. The number of halogens is 1. The van der Waals surface area contributed by atoms with Crippen LogP contribution < -0.4 is 0 Å². The SMILES string of the molecule is O=CCCCCF. The maximum Gasteiger partial charge on any atom is 0.119 e. The molecule has 0 aromatic heterocycles. The van der Waals surface area contributed by atoms with E-state index >= 15 is 0 Å². The molecule has 7 heavy (non-hydrogen) atoms. The minimum atomic E-state index is -0.298. The van der Waals surface area contributed by atoms with E-state index in [2.05, 4.69) is 0 Å². The summed E-state index contributed by atoms with van der Waals surface area (Å²) >= 11 is 0. The molecule has 0 aliphatic rings. The Hall–Kier alpha value is -0.400. The predicted molar refractivity (Wildman–Crippen MR) is 25.9 cm³/mol. The fourth-order valence-corrected chi connectivity index (χ4v) is 0.322. The van der Waals surface area contributed by atoms with Crippen molar-refractivity contribution < 1.29 is 9.18 Å². The zero-order valence-corrected chi connectivity index (χ0v) is 4.19. The molecule has 0 aromatic carbocycles. The minimum absolute atomic E-state index is 0.298. The molecule has 0 unspecified atom stereocenters. The van der Waals surface area contributed by atoms with Crippen LogP contribution in [0.3, 0.4) is 0 Å². The summed E-state index contributed by atoms with van der Waals surface area (Å²) in [6, 6.07) is 0. The minimum Gasteiger partial charge on any atom is -0.303 e. The molecule has 0 spiro atoms. The Balaban J connectivity index is 2.56. The van der Waals surface area contributed by atoms with E-state index in [0.717, 1.165) is 6.29 Å². The van der Waals surface area contributed by atoms with E-state index in [4.69, 9.17) is 0 Å². The Morgan fingerprint density at radius 1 is 1.43 bits per heavy atom. The van der Waals surface area contributed by atoms with Gasteiger partial charge >= 0.3 is 0 Å². The van der Waals surface area contributed by atoms with E-state index in [-0.39, 0.29) is 6.67 Å². The van der Waals surface area contributed by atoms with Crippen molar-refractivity contribution in [1.82, 2.24) is 0 Å². The molecule has 0 fully saturated rings. The Kier molecular flexibility index (Phi) is 5.28. The van der Waals surface area contributed by atoms with Crippen LogP contribution in [0.25, 0.3) is 0 Å². The molecule has 0 aromatic rings. The van der Waals surface area contributed by atoms with E-state index in [1.165, 1.54) is 0 Å². The molecule has 1 nitrogen and oxygen atoms in total. The van der Waals surface area contributed by atoms with Crippen LogP contribution in [0.15, 0.2) is 0 Å². The van der Waals surface area contributed by atoms with Crippen LogP contribution in [-0.4, -0.2) is 13.0 Å². The van der Waals surface area contributed by atoms with Crippen molar-refractivity contribution in [2.75, 3.05) is 6.67 Å². The maximum atomic E-state index is 11.2. The number of hydrogen-bond acceptors (Lipinski definition) is 1. The highest BCUT2D eigenvalue weighted by Gasteiger charge is 1.82. The van der Waals surface area contributed by atoms with Gasteiger partial charge in [0.15, 0.2) is 0 Å². The molecular weight excluding hydrogens is 95.1 g/mol. The Morgan fingerprint density at radius 3 is 2.57 bits per heavy atom. The third-order valence-corrected chi connectivity index (χ3v) is 0.706. The number of hydrogen-bond donors (Lipinski definition) is 0. The van der Waals surface area contributed by atoms with Crippen LogP contribution in [0, 0.1) is 0 Å². The molecule has 0 saturated carbocycles. The fourth-order valence-electron chi connectivity index (χ4n) is 0.322. The van der Waals surface area contributed by atoms with Crippen LogP contribution in [0.5, 0.6) is 0 Å². The van der Waals surface area contributed by atoms with Crippen molar-refractivity contribution in [3.63, 3.8) is 0 Å². The number of rotatable bonds is 4. The smallest absolute Gasteiger partial charge is 0.119 e. The molecule has 0 aliphatic carbocycles. The molecule has 0 rings (SSSR count). The summed E-state index contributed by atoms with van der Waals surface area (Å²) in [4.78, 5) is 9.56. The van der Waals surface area contributed by atoms with Crippen molar-refractivity contribution in [1.29, 1.82) is 0 Å². The Labute approximate surface area is 42.5 Å². The number of alkyl halides is 1. The van der Waals surface area contributed by atoms with Gasteiger partial charge in [-0.1, -0.05) is 0 Å². The summed E-state index contributed by atoms with van der Waals surface area (Å²) in [6.45, 7) is -0.298. The number of carbonyl (C=O) groups is 1. The van der Waals surface area contributed by atoms with Crippen molar-refractivity contribution in [3.8, 4) is 0 Å². The molecular formula is C5H9FO. The summed E-state index contributed by atoms with van der Waals surface area (Å²) in [5.74, 6) is 0. The zero-order valence-electron chi connectivity index (χ0n) is 4.19. The third kappa shape index (κ3) is 5.60. The summed E-state index contributed by atoms with van der Waals surface area (Å²) in [5, 5.41) is 0. The monoisotopic (exact) mass is 104 g/mol. The van der Waals surface area contributed by atoms with Crippen LogP contribution in [-0.2, 0) is 4.79 Å². The van der Waals surface area contributed by atoms with Gasteiger partial charge in [0.25, 0.3) is 0 Å². The van der Waals surface area contributed by atoms with Gasteiger partial charge in [0, 0.05) is 6.42 Å². The third-order valence-electron chi connectivity index (χ3n) is 0.706. The van der Waals surface area contributed by atoms with Gasteiger partial charge in [-0.25, -0.2) is 0 Å². The van der Waals surface area contributed by atoms with Crippen LogP contribution in [0.1, 0.15) is 19.3 Å². The predicted octanol–water partition coefficient (Wildman–Crippen LogP) is 1.33. The van der Waals surface area contributed by atoms with Gasteiger partial charge in [0.1, 0.15) is 6.29 Å². The first-order valence-corrected chi connectivity index (χ1v) is 2.41. The molecule has 0 bridgehead atoms. The number of carbonyl (C=O) groups excluding carboxylic acids is 1. The lowest BCUT2D eigenvalue weighted by atomic mass is 10.3. The first-order chi connectivity index (χ1) is 3.41. The van der Waals surface area contributed by atoms with Crippen LogP contribution >= 0.6 is 0 Å². The Bertz CT molecular complexity index is 45.3. The summed E-state index contributed by atoms with van der Waals surface area (Å²) < 4.78 is 11.2. The van der Waals surface area contributed by atoms with E-state index in [0.29, 0.717) is 19.3 Å². The van der Waals surface area contributed by atoms with Gasteiger partial charge in [-0.3, -0.25) is 4.39 Å². The van der Waals surface area contributed by atoms with Crippen molar-refractivity contribution in [2.45, 2.75) is 19.3 Å². The summed E-state index contributed by atoms with van der Waals surface area (Å²) in [7, 11) is 0. The Morgan fingerprint density at radius 2 is 2.14 bits per heavy atom. The molecule has 0 amide bonds. The molecule has 0 aliphatic heterocycles. The molecule has 0 heterocycles. The topological polar surface area (TPSA) is 17.1 Å². The van der Waals surface area contributed by atoms with Crippen LogP contribution in [0.4, 0.5) is 4.39 Å². The van der Waals surface area contributed by atoms with Crippen molar-refractivity contribution >= 4 is 6.29 Å². The van der Waals surface area contributed by atoms with Gasteiger partial charge in [-0.15, -0.1) is 0 Å². The lowest BCUT2D eigenvalue weighted by Crippen LogP contribution is -1.77. The highest BCUT2D eigenvalue weighted by molar-refractivity contribution is 5.48. The summed E-state index contributed by atoms with van der Waals surface area (Å²) in [6.07, 6.45) is 2.54. The van der Waals surface area contributed by atoms with Gasteiger partial charge in [0.2, 0.25) is 0 Å². The lowest BCUT2D eigenvalue weighted by molar-refractivity contribution is -0.107. The molecule has 42 valence electrons. The van der Waals surface area contributed by atoms with E-state index in [1.807, 2.05) is 0 Å². The zero-order chi connectivity index (χ0) is 5.54. The highest BCUT2D eigenvalue weighted by atomic mass is 19.1. The van der Waals surface area contributed by atoms with E-state index in [1.54, 1.807) is 0 Å². The first-order valence-electron chi connectivity index (χ1n) is 2.41. The van der Waals surface area contributed by atoms with E-state index in [9.17, 15) is 9.18 Å². The van der Waals surface area contributed by atoms with E-state index < -0.39 is 0 Å². The average Bonchev–Trinajstić information content (AvgIpc) is 1.69. The largest absolute Gasteiger partial charge is 0.303 e. The fraction of sp³-hybridized carbons (Fsp3) is 0.800. The maximum absolute atomic E-state index is 11.2. The van der Waals surface area contributed by atoms with Crippen molar-refractivity contribution in [2.24, 2.45) is 0 Å². The highest BCUT2D eigenvalue weighted by Crippen LogP contribution is 1.90. The molecule has 0 atom stereocenters. The van der Waals surface area contributed by atoms with Gasteiger partial charge in [-0.2, -0.15) is 0 Å².